The molecule has 0 saturated carbocycles. The van der Waals surface area contributed by atoms with Crippen LogP contribution in [-0.2, 0) is 11.3 Å². The molecule has 0 N–H and O–H groups in total. The van der Waals surface area contributed by atoms with Crippen molar-refractivity contribution < 1.29 is 9.47 Å². The van der Waals surface area contributed by atoms with E-state index in [0.717, 1.165) is 53.6 Å². The van der Waals surface area contributed by atoms with E-state index in [1.807, 2.05) is 18.2 Å². The molecule has 0 aliphatic carbocycles. The van der Waals surface area contributed by atoms with Gasteiger partial charge in [0, 0.05) is 49.4 Å². The van der Waals surface area contributed by atoms with Crippen molar-refractivity contribution in [2.45, 2.75) is 13.5 Å². The second kappa shape index (κ2) is 8.27. The highest BCUT2D eigenvalue weighted by molar-refractivity contribution is 5.89. The molecule has 5 heterocycles. The van der Waals surface area contributed by atoms with Crippen molar-refractivity contribution in [3.05, 3.63) is 43.0 Å². The van der Waals surface area contributed by atoms with Crippen molar-refractivity contribution >= 4 is 17.0 Å². The third-order valence-corrected chi connectivity index (χ3v) is 5.35. The van der Waals surface area contributed by atoms with E-state index >= 15 is 0 Å². The number of hydrogen-bond donors (Lipinski definition) is 0. The van der Waals surface area contributed by atoms with Gasteiger partial charge in [0.15, 0.2) is 22.8 Å². The smallest absolute Gasteiger partial charge is 0.166 e. The topological polar surface area (TPSA) is 91.1 Å². The number of pyridine rings is 2. The maximum absolute atomic E-state index is 5.55. The largest absolute Gasteiger partial charge is 0.495 e. The fraction of sp³-hybridized carbons (Fsp3) is 0.318. The predicted octanol–water partition coefficient (Wildman–Crippen LogP) is 2.82. The van der Waals surface area contributed by atoms with Crippen LogP contribution in [0.5, 0.6) is 5.75 Å². The first-order valence-corrected chi connectivity index (χ1v) is 10.3. The van der Waals surface area contributed by atoms with Crippen LogP contribution < -0.4 is 9.64 Å². The molecule has 1 fully saturated rings. The van der Waals surface area contributed by atoms with Crippen LogP contribution in [0.2, 0.25) is 0 Å². The van der Waals surface area contributed by atoms with Crippen LogP contribution in [0.4, 0.5) is 5.82 Å². The van der Waals surface area contributed by atoms with Gasteiger partial charge in [-0.3, -0.25) is 9.97 Å². The lowest BCUT2D eigenvalue weighted by molar-refractivity contribution is 0.122. The number of methoxy groups -OCH3 is 1. The summed E-state index contributed by atoms with van der Waals surface area (Å²) >= 11 is 0. The molecular formula is C22H23N7O2. The van der Waals surface area contributed by atoms with Crippen molar-refractivity contribution in [1.29, 1.82) is 0 Å². The van der Waals surface area contributed by atoms with Gasteiger partial charge in [0.25, 0.3) is 0 Å². The molecule has 1 saturated heterocycles. The van der Waals surface area contributed by atoms with E-state index in [1.54, 1.807) is 31.9 Å². The molecule has 9 heteroatoms. The van der Waals surface area contributed by atoms with E-state index in [2.05, 4.69) is 26.4 Å². The minimum absolute atomic E-state index is 0.594. The standard InChI is InChI=1S/C22H23N7O2/c1-3-29-20(15-4-6-23-7-5-15)25-18-21(28-8-10-31-11-9-28)26-19(27-22(18)29)16-12-17(30-2)14-24-13-16/h4-7,12-14H,3,8-11H2,1-2H3. The molecule has 9 nitrogen and oxygen atoms in total. The van der Waals surface area contributed by atoms with E-state index < -0.39 is 0 Å². The predicted molar refractivity (Wildman–Crippen MR) is 117 cm³/mol. The van der Waals surface area contributed by atoms with E-state index in [-0.39, 0.29) is 0 Å². The third kappa shape index (κ3) is 3.57. The molecule has 0 spiro atoms. The van der Waals surface area contributed by atoms with Crippen molar-refractivity contribution in [1.82, 2.24) is 29.5 Å². The minimum atomic E-state index is 0.594. The van der Waals surface area contributed by atoms with Gasteiger partial charge < -0.3 is 18.9 Å². The number of aryl methyl sites for hydroxylation is 1. The monoisotopic (exact) mass is 417 g/mol. The Hall–Kier alpha value is -3.59. The van der Waals surface area contributed by atoms with Crippen LogP contribution in [0.1, 0.15) is 6.92 Å². The lowest BCUT2D eigenvalue weighted by Gasteiger charge is -2.28. The average Bonchev–Trinajstić information content (AvgIpc) is 3.23. The van der Waals surface area contributed by atoms with Crippen molar-refractivity contribution in [2.24, 2.45) is 0 Å². The Morgan fingerprint density at radius 3 is 2.55 bits per heavy atom. The highest BCUT2D eigenvalue weighted by atomic mass is 16.5. The fourth-order valence-electron chi connectivity index (χ4n) is 3.78. The van der Waals surface area contributed by atoms with Crippen molar-refractivity contribution in [3.63, 3.8) is 0 Å². The molecule has 0 aromatic carbocycles. The summed E-state index contributed by atoms with van der Waals surface area (Å²) in [6.07, 6.45) is 6.97. The lowest BCUT2D eigenvalue weighted by atomic mass is 10.2. The zero-order valence-corrected chi connectivity index (χ0v) is 17.5. The normalized spacial score (nSPS) is 14.2. The Labute approximate surface area is 179 Å². The molecule has 0 unspecified atom stereocenters. The van der Waals surface area contributed by atoms with Gasteiger partial charge in [-0.15, -0.1) is 0 Å². The Kier molecular flexibility index (Phi) is 5.17. The molecule has 1 aliphatic rings. The quantitative estimate of drug-likeness (QED) is 0.490. The van der Waals surface area contributed by atoms with Crippen LogP contribution in [0.15, 0.2) is 43.0 Å². The maximum Gasteiger partial charge on any atom is 0.166 e. The van der Waals surface area contributed by atoms with Gasteiger partial charge in [-0.05, 0) is 25.1 Å². The maximum atomic E-state index is 5.55. The Balaban J connectivity index is 1.76. The second-order valence-corrected chi connectivity index (χ2v) is 7.17. The van der Waals surface area contributed by atoms with Crippen molar-refractivity contribution in [2.75, 3.05) is 38.3 Å². The summed E-state index contributed by atoms with van der Waals surface area (Å²) in [5.41, 5.74) is 3.37. The number of morpholine rings is 1. The summed E-state index contributed by atoms with van der Waals surface area (Å²) in [5.74, 6) is 2.92. The van der Waals surface area contributed by atoms with Crippen LogP contribution in [0.3, 0.4) is 0 Å². The molecule has 0 radical (unpaired) electrons. The molecule has 0 amide bonds. The zero-order valence-electron chi connectivity index (χ0n) is 17.5. The number of aromatic nitrogens is 6. The molecule has 4 aromatic rings. The van der Waals surface area contributed by atoms with Gasteiger partial charge in [-0.2, -0.15) is 0 Å². The van der Waals surface area contributed by atoms with Gasteiger partial charge in [0.2, 0.25) is 0 Å². The molecule has 158 valence electrons. The number of rotatable bonds is 5. The molecule has 5 rings (SSSR count). The number of fused-ring (bicyclic) bond motifs is 1. The van der Waals surface area contributed by atoms with Gasteiger partial charge in [0.05, 0.1) is 26.5 Å². The first-order valence-electron chi connectivity index (χ1n) is 10.3. The van der Waals surface area contributed by atoms with E-state index in [4.69, 9.17) is 24.4 Å². The first kappa shape index (κ1) is 19.4. The highest BCUT2D eigenvalue weighted by Gasteiger charge is 2.23. The summed E-state index contributed by atoms with van der Waals surface area (Å²) in [4.78, 5) is 25.5. The van der Waals surface area contributed by atoms with E-state index in [1.165, 1.54) is 0 Å². The summed E-state index contributed by atoms with van der Waals surface area (Å²) in [5, 5.41) is 0. The minimum Gasteiger partial charge on any atom is -0.495 e. The van der Waals surface area contributed by atoms with Gasteiger partial charge >= 0.3 is 0 Å². The zero-order chi connectivity index (χ0) is 21.2. The van der Waals surface area contributed by atoms with Crippen molar-refractivity contribution in [3.8, 4) is 28.5 Å². The summed E-state index contributed by atoms with van der Waals surface area (Å²) in [6, 6.07) is 5.82. The number of ether oxygens (including phenoxy) is 2. The Morgan fingerprint density at radius 2 is 1.81 bits per heavy atom. The SMILES string of the molecule is CCn1c(-c2ccncc2)nc2c(N3CCOCC3)nc(-c3cncc(OC)c3)nc21. The summed E-state index contributed by atoms with van der Waals surface area (Å²) in [6.45, 7) is 5.65. The highest BCUT2D eigenvalue weighted by Crippen LogP contribution is 2.32. The molecule has 31 heavy (non-hydrogen) atoms. The second-order valence-electron chi connectivity index (χ2n) is 7.17. The Morgan fingerprint density at radius 1 is 1.00 bits per heavy atom. The van der Waals surface area contributed by atoms with Crippen LogP contribution in [-0.4, -0.2) is 62.9 Å². The van der Waals surface area contributed by atoms with Crippen LogP contribution in [0.25, 0.3) is 33.9 Å². The molecule has 4 aromatic heterocycles. The summed E-state index contributed by atoms with van der Waals surface area (Å²) in [7, 11) is 1.62. The molecule has 0 atom stereocenters. The molecule has 1 aliphatic heterocycles. The van der Waals surface area contributed by atoms with Crippen LogP contribution in [0, 0.1) is 0 Å². The molecular weight excluding hydrogens is 394 g/mol. The number of hydrogen-bond acceptors (Lipinski definition) is 8. The van der Waals surface area contributed by atoms with Gasteiger partial charge in [-0.25, -0.2) is 15.0 Å². The lowest BCUT2D eigenvalue weighted by Crippen LogP contribution is -2.37. The third-order valence-electron chi connectivity index (χ3n) is 5.35. The van der Waals surface area contributed by atoms with Gasteiger partial charge in [-0.1, -0.05) is 0 Å². The average molecular weight is 417 g/mol. The van der Waals surface area contributed by atoms with Crippen LogP contribution >= 0.6 is 0 Å². The number of nitrogens with zero attached hydrogens (tertiary/aromatic N) is 7. The van der Waals surface area contributed by atoms with Gasteiger partial charge in [0.1, 0.15) is 11.6 Å². The van der Waals surface area contributed by atoms with E-state index in [0.29, 0.717) is 24.8 Å². The van der Waals surface area contributed by atoms with E-state index in [9.17, 15) is 0 Å². The molecule has 0 bridgehead atoms. The first-order chi connectivity index (χ1) is 15.3. The fourth-order valence-corrected chi connectivity index (χ4v) is 3.78. The summed E-state index contributed by atoms with van der Waals surface area (Å²) < 4.78 is 13.0. The number of imidazole rings is 1. The Bertz CT molecular complexity index is 1200. The number of anilines is 1.